The molecule has 0 saturated carbocycles. The highest BCUT2D eigenvalue weighted by molar-refractivity contribution is 7.48. The van der Waals surface area contributed by atoms with E-state index in [0.29, 0.717) is 0 Å². The third-order valence-corrected chi connectivity index (χ3v) is 4.10. The van der Waals surface area contributed by atoms with Gasteiger partial charge in [0.1, 0.15) is 0 Å². The van der Waals surface area contributed by atoms with E-state index >= 15 is 0 Å². The molecule has 0 N–H and O–H groups in total. The van der Waals surface area contributed by atoms with Crippen LogP contribution in [0.25, 0.3) is 0 Å². The highest BCUT2D eigenvalue weighted by Gasteiger charge is 2.26. The molecule has 111 valence electrons. The van der Waals surface area contributed by atoms with E-state index in [4.69, 9.17) is 13.6 Å². The van der Waals surface area contributed by atoms with Crippen molar-refractivity contribution < 1.29 is 18.1 Å². The summed E-state index contributed by atoms with van der Waals surface area (Å²) in [5.74, 6) is 0. The van der Waals surface area contributed by atoms with Crippen molar-refractivity contribution in [3.8, 4) is 0 Å². The molecule has 2 aromatic carbocycles. The fourth-order valence-electron chi connectivity index (χ4n) is 1.68. The molecule has 0 spiro atoms. The van der Waals surface area contributed by atoms with Gasteiger partial charge in [-0.2, -0.15) is 0 Å². The van der Waals surface area contributed by atoms with Gasteiger partial charge >= 0.3 is 7.82 Å². The van der Waals surface area contributed by atoms with Gasteiger partial charge in [-0.15, -0.1) is 0 Å². The van der Waals surface area contributed by atoms with E-state index in [9.17, 15) is 4.57 Å². The molecule has 0 fully saturated rings. The molecule has 2 rings (SSSR count). The molecular formula is C16H18O4P. The number of phosphoric acid groups is 1. The second-order valence-corrected chi connectivity index (χ2v) is 5.97. The Balaban J connectivity index is 1.94. The molecule has 0 aliphatic rings. The molecule has 0 bridgehead atoms. The van der Waals surface area contributed by atoms with Crippen molar-refractivity contribution in [3.05, 3.63) is 78.7 Å². The molecule has 4 nitrogen and oxygen atoms in total. The Labute approximate surface area is 125 Å². The third-order valence-electron chi connectivity index (χ3n) is 2.71. The van der Waals surface area contributed by atoms with Crippen LogP contribution in [-0.4, -0.2) is 6.61 Å². The Morgan fingerprint density at radius 3 is 1.57 bits per heavy atom. The standard InChI is InChI=1S/C16H18O4P/c1-2-18-21(17,19-13-15-9-5-3-6-10-15)20-14-16-11-7-4-8-12-16/h3-12H,1-2,13-14H2. The van der Waals surface area contributed by atoms with Crippen molar-refractivity contribution in [1.82, 2.24) is 0 Å². The fraction of sp³-hybridized carbons (Fsp3) is 0.188. The Morgan fingerprint density at radius 1 is 0.762 bits per heavy atom. The number of phosphoric ester groups is 1. The van der Waals surface area contributed by atoms with Crippen molar-refractivity contribution in [2.75, 3.05) is 6.61 Å². The first kappa shape index (κ1) is 15.9. The second kappa shape index (κ2) is 8.11. The Morgan fingerprint density at radius 2 is 1.19 bits per heavy atom. The number of benzene rings is 2. The molecule has 0 aromatic heterocycles. The van der Waals surface area contributed by atoms with Crippen LogP contribution >= 0.6 is 7.82 Å². The number of hydrogen-bond acceptors (Lipinski definition) is 4. The number of hydrogen-bond donors (Lipinski definition) is 0. The average Bonchev–Trinajstić information content (AvgIpc) is 2.54. The van der Waals surface area contributed by atoms with Gasteiger partial charge in [-0.05, 0) is 18.1 Å². The second-order valence-electron chi connectivity index (χ2n) is 4.30. The van der Waals surface area contributed by atoms with Crippen LogP contribution in [-0.2, 0) is 31.4 Å². The lowest BCUT2D eigenvalue weighted by molar-refractivity contribution is 0.110. The highest BCUT2D eigenvalue weighted by atomic mass is 31.2. The fourth-order valence-corrected chi connectivity index (χ4v) is 2.74. The zero-order chi connectivity index (χ0) is 15.0. The van der Waals surface area contributed by atoms with E-state index in [1.165, 1.54) is 0 Å². The smallest absolute Gasteiger partial charge is 0.287 e. The molecule has 0 atom stereocenters. The molecule has 21 heavy (non-hydrogen) atoms. The molecule has 5 heteroatoms. The minimum Gasteiger partial charge on any atom is -0.287 e. The first-order valence-electron chi connectivity index (χ1n) is 6.62. The lowest BCUT2D eigenvalue weighted by atomic mass is 10.2. The van der Waals surface area contributed by atoms with Gasteiger partial charge in [-0.1, -0.05) is 60.7 Å². The molecule has 0 aliphatic carbocycles. The van der Waals surface area contributed by atoms with Crippen molar-refractivity contribution in [3.63, 3.8) is 0 Å². The van der Waals surface area contributed by atoms with Gasteiger partial charge in [0.2, 0.25) is 0 Å². The summed E-state index contributed by atoms with van der Waals surface area (Å²) in [7, 11) is -3.61. The van der Waals surface area contributed by atoms with Crippen LogP contribution in [0.4, 0.5) is 0 Å². The Bertz CT molecular complexity index is 524. The predicted octanol–water partition coefficient (Wildman–Crippen LogP) is 4.38. The van der Waals surface area contributed by atoms with Crippen LogP contribution in [0.2, 0.25) is 0 Å². The van der Waals surface area contributed by atoms with Gasteiger partial charge in [0.05, 0.1) is 19.8 Å². The summed E-state index contributed by atoms with van der Waals surface area (Å²) in [5, 5.41) is 0. The topological polar surface area (TPSA) is 44.8 Å². The monoisotopic (exact) mass is 305 g/mol. The lowest BCUT2D eigenvalue weighted by Gasteiger charge is -2.17. The maximum atomic E-state index is 12.5. The SMILES string of the molecule is [CH2]COP(=O)(OCc1ccccc1)OCc1ccccc1. The van der Waals surface area contributed by atoms with Gasteiger partial charge in [-0.3, -0.25) is 13.6 Å². The van der Waals surface area contributed by atoms with E-state index in [-0.39, 0.29) is 19.8 Å². The zero-order valence-corrected chi connectivity index (χ0v) is 12.6. The third kappa shape index (κ3) is 5.44. The van der Waals surface area contributed by atoms with Gasteiger partial charge in [0.15, 0.2) is 0 Å². The van der Waals surface area contributed by atoms with Crippen LogP contribution in [0.3, 0.4) is 0 Å². The van der Waals surface area contributed by atoms with E-state index in [1.54, 1.807) is 0 Å². The minimum atomic E-state index is -3.61. The van der Waals surface area contributed by atoms with Crippen molar-refractivity contribution in [2.45, 2.75) is 13.2 Å². The van der Waals surface area contributed by atoms with Crippen LogP contribution < -0.4 is 0 Å². The van der Waals surface area contributed by atoms with Crippen molar-refractivity contribution in [1.29, 1.82) is 0 Å². The Hall–Kier alpha value is -1.45. The van der Waals surface area contributed by atoms with Gasteiger partial charge in [0, 0.05) is 0 Å². The molecule has 0 saturated heterocycles. The van der Waals surface area contributed by atoms with Crippen LogP contribution in [0.5, 0.6) is 0 Å². The molecule has 0 amide bonds. The molecule has 2 aromatic rings. The summed E-state index contributed by atoms with van der Waals surface area (Å²) < 4.78 is 28.2. The lowest BCUT2D eigenvalue weighted by Crippen LogP contribution is -2.01. The maximum Gasteiger partial charge on any atom is 0.475 e. The first-order chi connectivity index (χ1) is 10.2. The van der Waals surface area contributed by atoms with Gasteiger partial charge < -0.3 is 0 Å². The molecular weight excluding hydrogens is 287 g/mol. The summed E-state index contributed by atoms with van der Waals surface area (Å²) in [5.41, 5.74) is 1.79. The van der Waals surface area contributed by atoms with E-state index in [2.05, 4.69) is 6.92 Å². The van der Waals surface area contributed by atoms with Gasteiger partial charge in [-0.25, -0.2) is 4.57 Å². The molecule has 0 heterocycles. The molecule has 1 radical (unpaired) electrons. The van der Waals surface area contributed by atoms with Crippen molar-refractivity contribution >= 4 is 7.82 Å². The maximum absolute atomic E-state index is 12.5. The summed E-state index contributed by atoms with van der Waals surface area (Å²) >= 11 is 0. The normalized spacial score (nSPS) is 11.5. The van der Waals surface area contributed by atoms with E-state index in [1.807, 2.05) is 60.7 Å². The van der Waals surface area contributed by atoms with Crippen LogP contribution in [0.15, 0.2) is 60.7 Å². The highest BCUT2D eigenvalue weighted by Crippen LogP contribution is 2.50. The van der Waals surface area contributed by atoms with Crippen LogP contribution in [0, 0.1) is 6.92 Å². The summed E-state index contributed by atoms with van der Waals surface area (Å²) in [4.78, 5) is 0. The quantitative estimate of drug-likeness (QED) is 0.679. The molecule has 0 aliphatic heterocycles. The predicted molar refractivity (Wildman–Crippen MR) is 81.4 cm³/mol. The number of rotatable bonds is 8. The first-order valence-corrected chi connectivity index (χ1v) is 8.09. The average molecular weight is 305 g/mol. The largest absolute Gasteiger partial charge is 0.475 e. The van der Waals surface area contributed by atoms with Crippen LogP contribution in [0.1, 0.15) is 11.1 Å². The molecule has 0 unspecified atom stereocenters. The minimum absolute atomic E-state index is 0.0147. The van der Waals surface area contributed by atoms with E-state index in [0.717, 1.165) is 11.1 Å². The zero-order valence-electron chi connectivity index (χ0n) is 11.7. The summed E-state index contributed by atoms with van der Waals surface area (Å²) in [6.45, 7) is 3.86. The summed E-state index contributed by atoms with van der Waals surface area (Å²) in [6, 6.07) is 18.9. The Kier molecular flexibility index (Phi) is 6.15. The van der Waals surface area contributed by atoms with Crippen molar-refractivity contribution in [2.24, 2.45) is 0 Å². The summed E-state index contributed by atoms with van der Waals surface area (Å²) in [6.07, 6.45) is 0. The van der Waals surface area contributed by atoms with E-state index < -0.39 is 7.82 Å². The van der Waals surface area contributed by atoms with Gasteiger partial charge in [0.25, 0.3) is 0 Å².